The molecular weight excluding hydrogens is 354 g/mol. The van der Waals surface area contributed by atoms with Crippen molar-refractivity contribution in [1.82, 2.24) is 15.3 Å². The molecule has 0 bridgehead atoms. The number of hydrogen-bond acceptors (Lipinski definition) is 4. The van der Waals surface area contributed by atoms with E-state index in [2.05, 4.69) is 15.3 Å². The average Bonchev–Trinajstić information content (AvgIpc) is 3.19. The molecule has 1 atom stereocenters. The van der Waals surface area contributed by atoms with E-state index < -0.39 is 0 Å². The van der Waals surface area contributed by atoms with Crippen molar-refractivity contribution < 1.29 is 14.3 Å². The highest BCUT2D eigenvalue weighted by atomic mass is 16.5. The van der Waals surface area contributed by atoms with Gasteiger partial charge in [0.05, 0.1) is 31.1 Å². The summed E-state index contributed by atoms with van der Waals surface area (Å²) in [6.07, 6.45) is 1.79. The number of imidazole rings is 1. The number of benzene rings is 2. The topological polar surface area (TPSA) is 76.2 Å². The quantitative estimate of drug-likeness (QED) is 0.639. The summed E-state index contributed by atoms with van der Waals surface area (Å²) in [6.45, 7) is 5.77. The number of methoxy groups -OCH3 is 1. The van der Waals surface area contributed by atoms with E-state index in [1.54, 1.807) is 31.5 Å². The number of nitrogens with zero attached hydrogens (tertiary/aromatic N) is 1. The SMILES string of the molecule is COc1cc(C(=O)NC(C)c2ncc(-c3ccccc3)[nH]2)ccc1OC(C)C. The molecule has 6 nitrogen and oxygen atoms in total. The summed E-state index contributed by atoms with van der Waals surface area (Å²) >= 11 is 0. The normalized spacial score (nSPS) is 11.9. The van der Waals surface area contributed by atoms with E-state index >= 15 is 0 Å². The molecule has 146 valence electrons. The number of carbonyl (C=O) groups excluding carboxylic acids is 1. The van der Waals surface area contributed by atoms with Gasteiger partial charge in [0, 0.05) is 5.56 Å². The van der Waals surface area contributed by atoms with Gasteiger partial charge in [-0.25, -0.2) is 4.98 Å². The zero-order valence-corrected chi connectivity index (χ0v) is 16.5. The minimum Gasteiger partial charge on any atom is -0.493 e. The molecule has 3 rings (SSSR count). The van der Waals surface area contributed by atoms with E-state index in [1.165, 1.54) is 0 Å². The van der Waals surface area contributed by atoms with Crippen LogP contribution in [0.4, 0.5) is 0 Å². The highest BCUT2D eigenvalue weighted by Crippen LogP contribution is 2.29. The van der Waals surface area contributed by atoms with Crippen LogP contribution in [-0.4, -0.2) is 29.1 Å². The maximum Gasteiger partial charge on any atom is 0.251 e. The fraction of sp³-hybridized carbons (Fsp3) is 0.273. The molecule has 3 aromatic rings. The van der Waals surface area contributed by atoms with E-state index in [1.807, 2.05) is 51.1 Å². The van der Waals surface area contributed by atoms with Crippen LogP contribution in [0.5, 0.6) is 11.5 Å². The van der Waals surface area contributed by atoms with Crippen LogP contribution < -0.4 is 14.8 Å². The highest BCUT2D eigenvalue weighted by molar-refractivity contribution is 5.95. The Bertz CT molecular complexity index is 935. The summed E-state index contributed by atoms with van der Waals surface area (Å²) in [6, 6.07) is 14.8. The lowest BCUT2D eigenvalue weighted by Crippen LogP contribution is -2.27. The summed E-state index contributed by atoms with van der Waals surface area (Å²) in [5.41, 5.74) is 2.45. The van der Waals surface area contributed by atoms with E-state index in [0.29, 0.717) is 22.9 Å². The Morgan fingerprint density at radius 3 is 2.50 bits per heavy atom. The Labute approximate surface area is 164 Å². The average molecular weight is 379 g/mol. The summed E-state index contributed by atoms with van der Waals surface area (Å²) < 4.78 is 11.0. The van der Waals surface area contributed by atoms with Crippen LogP contribution in [0.1, 0.15) is 43.0 Å². The molecule has 0 radical (unpaired) electrons. The van der Waals surface area contributed by atoms with Gasteiger partial charge in [-0.05, 0) is 44.5 Å². The minimum absolute atomic E-state index is 0.0198. The Kier molecular flexibility index (Phi) is 5.99. The van der Waals surface area contributed by atoms with Gasteiger partial charge in [-0.15, -0.1) is 0 Å². The Morgan fingerprint density at radius 2 is 1.82 bits per heavy atom. The van der Waals surface area contributed by atoms with Gasteiger partial charge in [0.15, 0.2) is 11.5 Å². The molecule has 2 N–H and O–H groups in total. The Morgan fingerprint density at radius 1 is 1.07 bits per heavy atom. The first kappa shape index (κ1) is 19.5. The van der Waals surface area contributed by atoms with Crippen LogP contribution >= 0.6 is 0 Å². The molecule has 1 amide bonds. The molecule has 0 saturated heterocycles. The van der Waals surface area contributed by atoms with Crippen molar-refractivity contribution in [2.24, 2.45) is 0 Å². The maximum absolute atomic E-state index is 12.7. The zero-order valence-electron chi connectivity index (χ0n) is 16.5. The summed E-state index contributed by atoms with van der Waals surface area (Å²) in [5.74, 6) is 1.62. The van der Waals surface area contributed by atoms with Crippen LogP contribution in [-0.2, 0) is 0 Å². The largest absolute Gasteiger partial charge is 0.493 e. The number of ether oxygens (including phenoxy) is 2. The lowest BCUT2D eigenvalue weighted by atomic mass is 10.1. The highest BCUT2D eigenvalue weighted by Gasteiger charge is 2.17. The van der Waals surface area contributed by atoms with E-state index in [0.717, 1.165) is 11.3 Å². The monoisotopic (exact) mass is 379 g/mol. The van der Waals surface area contributed by atoms with Crippen molar-refractivity contribution >= 4 is 5.91 Å². The van der Waals surface area contributed by atoms with Crippen LogP contribution in [0.15, 0.2) is 54.7 Å². The molecule has 0 spiro atoms. The second-order valence-corrected chi connectivity index (χ2v) is 6.78. The lowest BCUT2D eigenvalue weighted by molar-refractivity contribution is 0.0938. The molecule has 0 fully saturated rings. The zero-order chi connectivity index (χ0) is 20.1. The van der Waals surface area contributed by atoms with Crippen LogP contribution in [0.2, 0.25) is 0 Å². The first-order chi connectivity index (χ1) is 13.5. The second kappa shape index (κ2) is 8.61. The number of carbonyl (C=O) groups is 1. The summed E-state index contributed by atoms with van der Waals surface area (Å²) in [7, 11) is 1.56. The van der Waals surface area contributed by atoms with Gasteiger partial charge >= 0.3 is 0 Å². The smallest absolute Gasteiger partial charge is 0.251 e. The maximum atomic E-state index is 12.7. The predicted molar refractivity (Wildman–Crippen MR) is 109 cm³/mol. The van der Waals surface area contributed by atoms with Crippen LogP contribution in [0, 0.1) is 0 Å². The molecule has 1 unspecified atom stereocenters. The third-order valence-electron chi connectivity index (χ3n) is 4.23. The number of nitrogens with one attached hydrogen (secondary N) is 2. The molecule has 6 heteroatoms. The fourth-order valence-electron chi connectivity index (χ4n) is 2.83. The van der Waals surface area contributed by atoms with Crippen LogP contribution in [0.25, 0.3) is 11.3 Å². The lowest BCUT2D eigenvalue weighted by Gasteiger charge is -2.15. The molecule has 0 aliphatic carbocycles. The number of H-pyrrole nitrogens is 1. The number of aromatic amines is 1. The van der Waals surface area contributed by atoms with Gasteiger partial charge in [0.25, 0.3) is 5.91 Å². The van der Waals surface area contributed by atoms with Crippen molar-refractivity contribution in [3.8, 4) is 22.8 Å². The number of rotatable bonds is 7. The number of amides is 1. The third-order valence-corrected chi connectivity index (χ3v) is 4.23. The van der Waals surface area contributed by atoms with Gasteiger partial charge in [0.2, 0.25) is 0 Å². The van der Waals surface area contributed by atoms with Crippen molar-refractivity contribution in [1.29, 1.82) is 0 Å². The molecule has 1 heterocycles. The first-order valence-electron chi connectivity index (χ1n) is 9.23. The standard InChI is InChI=1S/C22H25N3O3/c1-14(2)28-19-11-10-17(12-20(19)27-4)22(26)24-15(3)21-23-13-18(25-21)16-8-6-5-7-9-16/h5-15H,1-4H3,(H,23,25)(H,24,26). The molecule has 0 aliphatic heterocycles. The third kappa shape index (κ3) is 4.52. The van der Waals surface area contributed by atoms with Gasteiger partial charge in [-0.1, -0.05) is 30.3 Å². The number of hydrogen-bond donors (Lipinski definition) is 2. The van der Waals surface area contributed by atoms with Crippen molar-refractivity contribution in [2.45, 2.75) is 32.9 Å². The van der Waals surface area contributed by atoms with Crippen molar-refractivity contribution in [2.75, 3.05) is 7.11 Å². The second-order valence-electron chi connectivity index (χ2n) is 6.78. The van der Waals surface area contributed by atoms with Crippen molar-refractivity contribution in [3.63, 3.8) is 0 Å². The van der Waals surface area contributed by atoms with E-state index in [4.69, 9.17) is 9.47 Å². The Hall–Kier alpha value is -3.28. The minimum atomic E-state index is -0.275. The van der Waals surface area contributed by atoms with Gasteiger partial charge < -0.3 is 19.8 Å². The molecular formula is C22H25N3O3. The molecule has 1 aromatic heterocycles. The summed E-state index contributed by atoms with van der Waals surface area (Å²) in [5, 5.41) is 2.96. The van der Waals surface area contributed by atoms with E-state index in [-0.39, 0.29) is 18.1 Å². The number of aromatic nitrogens is 2. The van der Waals surface area contributed by atoms with Crippen molar-refractivity contribution in [3.05, 3.63) is 66.1 Å². The predicted octanol–water partition coefficient (Wildman–Crippen LogP) is 4.36. The first-order valence-corrected chi connectivity index (χ1v) is 9.23. The molecule has 0 saturated carbocycles. The molecule has 28 heavy (non-hydrogen) atoms. The van der Waals surface area contributed by atoms with Gasteiger partial charge in [-0.3, -0.25) is 4.79 Å². The van der Waals surface area contributed by atoms with Gasteiger partial charge in [-0.2, -0.15) is 0 Å². The van der Waals surface area contributed by atoms with Crippen LogP contribution in [0.3, 0.4) is 0 Å². The molecule has 0 aliphatic rings. The Balaban J connectivity index is 1.71. The fourth-order valence-corrected chi connectivity index (χ4v) is 2.83. The summed E-state index contributed by atoms with van der Waals surface area (Å²) in [4.78, 5) is 20.3. The van der Waals surface area contributed by atoms with E-state index in [9.17, 15) is 4.79 Å². The van der Waals surface area contributed by atoms with Gasteiger partial charge in [0.1, 0.15) is 5.82 Å². The molecule has 2 aromatic carbocycles.